The standard InChI is InChI=1S/C14H19NO2/c1-14(2)11-7-4-5-8-12(11)15(13(14)16)9-6-10-17-3/h4-5,7-8H,6,9-10H2,1-3H3. The van der Waals surface area contributed by atoms with Crippen molar-refractivity contribution in [3.8, 4) is 0 Å². The van der Waals surface area contributed by atoms with Crippen molar-refractivity contribution in [2.75, 3.05) is 25.2 Å². The van der Waals surface area contributed by atoms with Crippen LogP contribution in [0.1, 0.15) is 25.8 Å². The molecule has 0 fully saturated rings. The minimum atomic E-state index is -0.399. The molecule has 2 rings (SSSR count). The van der Waals surface area contributed by atoms with Gasteiger partial charge in [-0.2, -0.15) is 0 Å². The molecule has 1 aliphatic rings. The van der Waals surface area contributed by atoms with Gasteiger partial charge in [-0.25, -0.2) is 0 Å². The number of ether oxygens (including phenoxy) is 1. The number of rotatable bonds is 4. The number of amides is 1. The smallest absolute Gasteiger partial charge is 0.237 e. The minimum absolute atomic E-state index is 0.190. The topological polar surface area (TPSA) is 29.5 Å². The maximum Gasteiger partial charge on any atom is 0.237 e. The Hall–Kier alpha value is -1.35. The summed E-state index contributed by atoms with van der Waals surface area (Å²) < 4.78 is 5.04. The summed E-state index contributed by atoms with van der Waals surface area (Å²) in [5, 5.41) is 0. The van der Waals surface area contributed by atoms with Crippen LogP contribution >= 0.6 is 0 Å². The van der Waals surface area contributed by atoms with Gasteiger partial charge in [0.1, 0.15) is 0 Å². The second-order valence-corrected chi connectivity index (χ2v) is 4.95. The molecule has 0 atom stereocenters. The highest BCUT2D eigenvalue weighted by Crippen LogP contribution is 2.41. The van der Waals surface area contributed by atoms with Crippen LogP contribution in [0, 0.1) is 0 Å². The number of carbonyl (C=O) groups is 1. The molecule has 0 aliphatic carbocycles. The van der Waals surface area contributed by atoms with Gasteiger partial charge >= 0.3 is 0 Å². The van der Waals surface area contributed by atoms with Crippen LogP contribution in [-0.4, -0.2) is 26.2 Å². The predicted molar refractivity (Wildman–Crippen MR) is 68.3 cm³/mol. The van der Waals surface area contributed by atoms with E-state index in [9.17, 15) is 4.79 Å². The lowest BCUT2D eigenvalue weighted by Gasteiger charge is -2.20. The van der Waals surface area contributed by atoms with Crippen molar-refractivity contribution in [3.05, 3.63) is 29.8 Å². The Morgan fingerprint density at radius 1 is 1.29 bits per heavy atom. The number of hydrogen-bond acceptors (Lipinski definition) is 2. The number of carbonyl (C=O) groups excluding carboxylic acids is 1. The zero-order valence-electron chi connectivity index (χ0n) is 10.7. The second-order valence-electron chi connectivity index (χ2n) is 4.95. The molecule has 1 aromatic carbocycles. The van der Waals surface area contributed by atoms with E-state index < -0.39 is 5.41 Å². The molecule has 1 heterocycles. The fraction of sp³-hybridized carbons (Fsp3) is 0.500. The van der Waals surface area contributed by atoms with E-state index in [4.69, 9.17) is 4.74 Å². The van der Waals surface area contributed by atoms with E-state index in [1.165, 1.54) is 0 Å². The molecule has 0 bridgehead atoms. The molecule has 1 amide bonds. The fourth-order valence-corrected chi connectivity index (χ4v) is 2.39. The Kier molecular flexibility index (Phi) is 3.20. The van der Waals surface area contributed by atoms with Gasteiger partial charge in [-0.15, -0.1) is 0 Å². The molecule has 0 radical (unpaired) electrons. The first-order valence-electron chi connectivity index (χ1n) is 5.99. The molecule has 0 spiro atoms. The van der Waals surface area contributed by atoms with Crippen LogP contribution in [-0.2, 0) is 14.9 Å². The van der Waals surface area contributed by atoms with Gasteiger partial charge in [0, 0.05) is 25.9 Å². The van der Waals surface area contributed by atoms with Crippen molar-refractivity contribution >= 4 is 11.6 Å². The fourth-order valence-electron chi connectivity index (χ4n) is 2.39. The lowest BCUT2D eigenvalue weighted by molar-refractivity contribution is -0.122. The highest BCUT2D eigenvalue weighted by Gasteiger charge is 2.43. The molecule has 0 saturated carbocycles. The van der Waals surface area contributed by atoms with Crippen molar-refractivity contribution in [2.45, 2.75) is 25.7 Å². The van der Waals surface area contributed by atoms with E-state index in [1.807, 2.05) is 43.0 Å². The Morgan fingerprint density at radius 2 is 2.00 bits per heavy atom. The molecule has 0 aromatic heterocycles. The zero-order valence-corrected chi connectivity index (χ0v) is 10.7. The molecule has 92 valence electrons. The number of fused-ring (bicyclic) bond motifs is 1. The molecule has 1 aliphatic heterocycles. The third-order valence-corrected chi connectivity index (χ3v) is 3.38. The molecule has 0 unspecified atom stereocenters. The first kappa shape index (κ1) is 12.1. The summed E-state index contributed by atoms with van der Waals surface area (Å²) in [5.41, 5.74) is 1.78. The van der Waals surface area contributed by atoms with Crippen molar-refractivity contribution in [1.82, 2.24) is 0 Å². The van der Waals surface area contributed by atoms with Crippen LogP contribution in [0.4, 0.5) is 5.69 Å². The number of methoxy groups -OCH3 is 1. The molecule has 1 aromatic rings. The first-order valence-corrected chi connectivity index (χ1v) is 5.99. The second kappa shape index (κ2) is 4.49. The van der Waals surface area contributed by atoms with Gasteiger partial charge < -0.3 is 9.64 Å². The van der Waals surface area contributed by atoms with Gasteiger partial charge in [0.2, 0.25) is 5.91 Å². The Balaban J connectivity index is 2.27. The summed E-state index contributed by atoms with van der Waals surface area (Å²) in [6.45, 7) is 5.40. The van der Waals surface area contributed by atoms with E-state index in [2.05, 4.69) is 0 Å². The average molecular weight is 233 g/mol. The number of para-hydroxylation sites is 1. The zero-order chi connectivity index (χ0) is 12.5. The number of nitrogens with zero attached hydrogens (tertiary/aromatic N) is 1. The van der Waals surface area contributed by atoms with E-state index in [0.717, 1.165) is 24.2 Å². The van der Waals surface area contributed by atoms with Crippen LogP contribution in [0.25, 0.3) is 0 Å². The Morgan fingerprint density at radius 3 is 2.71 bits per heavy atom. The molecular formula is C14H19NO2. The van der Waals surface area contributed by atoms with E-state index in [1.54, 1.807) is 7.11 Å². The molecular weight excluding hydrogens is 214 g/mol. The van der Waals surface area contributed by atoms with Crippen molar-refractivity contribution < 1.29 is 9.53 Å². The maximum atomic E-state index is 12.4. The third kappa shape index (κ3) is 1.95. The van der Waals surface area contributed by atoms with E-state index in [-0.39, 0.29) is 5.91 Å². The molecule has 17 heavy (non-hydrogen) atoms. The lowest BCUT2D eigenvalue weighted by atomic mass is 9.86. The van der Waals surface area contributed by atoms with Crippen molar-refractivity contribution in [3.63, 3.8) is 0 Å². The highest BCUT2D eigenvalue weighted by molar-refractivity contribution is 6.07. The molecule has 3 heteroatoms. The molecule has 0 saturated heterocycles. The predicted octanol–water partition coefficient (Wildman–Crippen LogP) is 2.35. The van der Waals surface area contributed by atoms with Gasteiger partial charge in [0.15, 0.2) is 0 Å². The van der Waals surface area contributed by atoms with Crippen LogP contribution in [0.5, 0.6) is 0 Å². The van der Waals surface area contributed by atoms with Gasteiger partial charge in [0.25, 0.3) is 0 Å². The summed E-state index contributed by atoms with van der Waals surface area (Å²) in [6.07, 6.45) is 0.868. The highest BCUT2D eigenvalue weighted by atomic mass is 16.5. The summed E-state index contributed by atoms with van der Waals surface area (Å²) in [4.78, 5) is 14.2. The average Bonchev–Trinajstić information content (AvgIpc) is 2.51. The number of hydrogen-bond donors (Lipinski definition) is 0. The largest absolute Gasteiger partial charge is 0.385 e. The molecule has 3 nitrogen and oxygen atoms in total. The van der Waals surface area contributed by atoms with Gasteiger partial charge in [-0.1, -0.05) is 18.2 Å². The normalized spacial score (nSPS) is 17.4. The summed E-state index contributed by atoms with van der Waals surface area (Å²) >= 11 is 0. The molecule has 0 N–H and O–H groups in total. The van der Waals surface area contributed by atoms with Gasteiger partial charge in [0.05, 0.1) is 5.41 Å². The summed E-state index contributed by atoms with van der Waals surface area (Å²) in [7, 11) is 1.68. The van der Waals surface area contributed by atoms with Crippen LogP contribution in [0.2, 0.25) is 0 Å². The quantitative estimate of drug-likeness (QED) is 0.747. The Bertz CT molecular complexity index is 426. The van der Waals surface area contributed by atoms with E-state index >= 15 is 0 Å². The monoisotopic (exact) mass is 233 g/mol. The first-order chi connectivity index (χ1) is 8.09. The van der Waals surface area contributed by atoms with Crippen LogP contribution < -0.4 is 4.90 Å². The third-order valence-electron chi connectivity index (χ3n) is 3.38. The van der Waals surface area contributed by atoms with Crippen molar-refractivity contribution in [2.24, 2.45) is 0 Å². The van der Waals surface area contributed by atoms with Gasteiger partial charge in [-0.3, -0.25) is 4.79 Å². The Labute approximate surface area is 102 Å². The summed E-state index contributed by atoms with van der Waals surface area (Å²) in [5.74, 6) is 0.190. The van der Waals surface area contributed by atoms with Crippen LogP contribution in [0.15, 0.2) is 24.3 Å². The van der Waals surface area contributed by atoms with E-state index in [0.29, 0.717) is 6.61 Å². The minimum Gasteiger partial charge on any atom is -0.385 e. The van der Waals surface area contributed by atoms with Gasteiger partial charge in [-0.05, 0) is 31.9 Å². The SMILES string of the molecule is COCCCN1C(=O)C(C)(C)c2ccccc21. The lowest BCUT2D eigenvalue weighted by Crippen LogP contribution is -2.37. The van der Waals surface area contributed by atoms with Crippen molar-refractivity contribution in [1.29, 1.82) is 0 Å². The summed E-state index contributed by atoms with van der Waals surface area (Å²) in [6, 6.07) is 8.04. The number of benzene rings is 1. The maximum absolute atomic E-state index is 12.4. The van der Waals surface area contributed by atoms with Crippen LogP contribution in [0.3, 0.4) is 0 Å². The number of anilines is 1.